The molecule has 1 fully saturated rings. The van der Waals surface area contributed by atoms with Gasteiger partial charge in [0.2, 0.25) is 10.0 Å². The average Bonchev–Trinajstić information content (AvgIpc) is 2.48. The molecule has 0 saturated carbocycles. The molecule has 7 nitrogen and oxygen atoms in total. The standard InChI is InChI=1S/C14H20ClN3O4S.ClH/c1-9-6-12(18(19)20)14(15)13(7-9)23(21,22)17-5-3-4-11(8-17)10(2)16;/h6-7,10-11H,3-5,8,16H2,1-2H3;1H. The van der Waals surface area contributed by atoms with Gasteiger partial charge < -0.3 is 5.73 Å². The van der Waals surface area contributed by atoms with Crippen molar-refractivity contribution in [1.82, 2.24) is 4.31 Å². The molecule has 1 aromatic rings. The smallest absolute Gasteiger partial charge is 0.289 e. The van der Waals surface area contributed by atoms with Crippen LogP contribution in [0.25, 0.3) is 0 Å². The fourth-order valence-corrected chi connectivity index (χ4v) is 4.97. The maximum atomic E-state index is 12.9. The first kappa shape index (κ1) is 21.1. The van der Waals surface area contributed by atoms with E-state index in [4.69, 9.17) is 17.3 Å². The zero-order valence-corrected chi connectivity index (χ0v) is 15.8. The maximum Gasteiger partial charge on any atom is 0.289 e. The van der Waals surface area contributed by atoms with E-state index in [0.717, 1.165) is 6.42 Å². The van der Waals surface area contributed by atoms with Crippen LogP contribution in [0.2, 0.25) is 5.02 Å². The first-order valence-electron chi connectivity index (χ1n) is 7.35. The van der Waals surface area contributed by atoms with Crippen molar-refractivity contribution in [3.63, 3.8) is 0 Å². The van der Waals surface area contributed by atoms with Crippen molar-refractivity contribution >= 4 is 39.7 Å². The Hall–Kier alpha value is -0.930. The number of nitro groups is 1. The van der Waals surface area contributed by atoms with E-state index in [1.807, 2.05) is 6.92 Å². The maximum absolute atomic E-state index is 12.9. The first-order chi connectivity index (χ1) is 10.6. The second-order valence-electron chi connectivity index (χ2n) is 5.98. The molecular formula is C14H21Cl2N3O4S. The molecule has 1 heterocycles. The number of nitrogens with zero attached hydrogens (tertiary/aromatic N) is 2. The summed E-state index contributed by atoms with van der Waals surface area (Å²) in [7, 11) is -3.90. The van der Waals surface area contributed by atoms with Gasteiger partial charge in [-0.2, -0.15) is 4.31 Å². The zero-order valence-electron chi connectivity index (χ0n) is 13.4. The normalized spacial score (nSPS) is 20.2. The molecule has 0 amide bonds. The number of benzene rings is 1. The Morgan fingerprint density at radius 1 is 1.46 bits per heavy atom. The Labute approximate surface area is 152 Å². The van der Waals surface area contributed by atoms with Crippen LogP contribution in [-0.4, -0.2) is 36.8 Å². The lowest BCUT2D eigenvalue weighted by molar-refractivity contribution is -0.385. The summed E-state index contributed by atoms with van der Waals surface area (Å²) >= 11 is 6.01. The minimum atomic E-state index is -3.90. The third-order valence-corrected chi connectivity index (χ3v) is 6.54. The van der Waals surface area contributed by atoms with Crippen LogP contribution >= 0.6 is 24.0 Å². The van der Waals surface area contributed by atoms with Gasteiger partial charge in [-0.1, -0.05) is 11.6 Å². The topological polar surface area (TPSA) is 107 Å². The van der Waals surface area contributed by atoms with E-state index in [1.54, 1.807) is 6.92 Å². The highest BCUT2D eigenvalue weighted by atomic mass is 35.5. The van der Waals surface area contributed by atoms with Crippen LogP contribution in [0.3, 0.4) is 0 Å². The molecule has 1 aliphatic rings. The summed E-state index contributed by atoms with van der Waals surface area (Å²) in [6.45, 7) is 4.12. The van der Waals surface area contributed by atoms with Gasteiger partial charge in [-0.15, -0.1) is 12.4 Å². The second-order valence-corrected chi connectivity index (χ2v) is 8.26. The van der Waals surface area contributed by atoms with Gasteiger partial charge >= 0.3 is 0 Å². The third-order valence-electron chi connectivity index (χ3n) is 4.14. The van der Waals surface area contributed by atoms with Crippen molar-refractivity contribution in [1.29, 1.82) is 0 Å². The summed E-state index contributed by atoms with van der Waals surface area (Å²) in [4.78, 5) is 10.2. The Kier molecular flexibility index (Phi) is 7.01. The monoisotopic (exact) mass is 397 g/mol. The lowest BCUT2D eigenvalue weighted by atomic mass is 9.93. The third kappa shape index (κ3) is 4.18. The van der Waals surface area contributed by atoms with Crippen LogP contribution in [0.5, 0.6) is 0 Å². The summed E-state index contributed by atoms with van der Waals surface area (Å²) in [5.74, 6) is 0.0668. The molecule has 10 heteroatoms. The fraction of sp³-hybridized carbons (Fsp3) is 0.571. The molecule has 1 aliphatic heterocycles. The number of sulfonamides is 1. The van der Waals surface area contributed by atoms with Gasteiger partial charge in [-0.3, -0.25) is 10.1 Å². The molecule has 0 radical (unpaired) electrons. The van der Waals surface area contributed by atoms with E-state index >= 15 is 0 Å². The largest absolute Gasteiger partial charge is 0.328 e. The molecule has 1 aromatic carbocycles. The predicted molar refractivity (Wildman–Crippen MR) is 95.2 cm³/mol. The van der Waals surface area contributed by atoms with Crippen molar-refractivity contribution < 1.29 is 13.3 Å². The lowest BCUT2D eigenvalue weighted by Gasteiger charge is -2.33. The van der Waals surface area contributed by atoms with Gasteiger partial charge in [-0.25, -0.2) is 8.42 Å². The Bertz CT molecular complexity index is 725. The fourth-order valence-electron chi connectivity index (χ4n) is 2.80. The number of hydrogen-bond donors (Lipinski definition) is 1. The first-order valence-corrected chi connectivity index (χ1v) is 9.16. The SMILES string of the molecule is Cc1cc([N+](=O)[O-])c(Cl)c(S(=O)(=O)N2CCCC(C(C)N)C2)c1.Cl. The molecule has 2 atom stereocenters. The van der Waals surface area contributed by atoms with Crippen LogP contribution < -0.4 is 5.73 Å². The van der Waals surface area contributed by atoms with Crippen LogP contribution in [-0.2, 0) is 10.0 Å². The zero-order chi connectivity index (χ0) is 17.4. The second kappa shape index (κ2) is 7.97. The predicted octanol–water partition coefficient (Wildman–Crippen LogP) is 2.73. The highest BCUT2D eigenvalue weighted by Crippen LogP contribution is 2.35. The van der Waals surface area contributed by atoms with E-state index in [2.05, 4.69) is 0 Å². The molecule has 24 heavy (non-hydrogen) atoms. The number of rotatable bonds is 4. The minimum Gasteiger partial charge on any atom is -0.328 e. The lowest BCUT2D eigenvalue weighted by Crippen LogP contribution is -2.45. The molecule has 136 valence electrons. The molecular weight excluding hydrogens is 377 g/mol. The van der Waals surface area contributed by atoms with E-state index in [9.17, 15) is 18.5 Å². The molecule has 0 bridgehead atoms. The number of piperidine rings is 1. The molecule has 0 aliphatic carbocycles. The van der Waals surface area contributed by atoms with Gasteiger partial charge in [0.15, 0.2) is 0 Å². The number of nitro benzene ring substituents is 1. The summed E-state index contributed by atoms with van der Waals surface area (Å²) in [5, 5.41) is 10.7. The van der Waals surface area contributed by atoms with Gasteiger partial charge in [0.05, 0.1) is 4.92 Å². The highest BCUT2D eigenvalue weighted by Gasteiger charge is 2.34. The van der Waals surface area contributed by atoms with E-state index in [0.29, 0.717) is 25.1 Å². The molecule has 0 aromatic heterocycles. The van der Waals surface area contributed by atoms with E-state index in [-0.39, 0.29) is 34.3 Å². The summed E-state index contributed by atoms with van der Waals surface area (Å²) in [6.07, 6.45) is 1.57. The number of hydrogen-bond acceptors (Lipinski definition) is 5. The molecule has 0 spiro atoms. The quantitative estimate of drug-likeness (QED) is 0.620. The van der Waals surface area contributed by atoms with Crippen LogP contribution in [0.4, 0.5) is 5.69 Å². The van der Waals surface area contributed by atoms with Crippen molar-refractivity contribution in [3.8, 4) is 0 Å². The van der Waals surface area contributed by atoms with Gasteiger partial charge in [0, 0.05) is 25.2 Å². The number of halogens is 2. The van der Waals surface area contributed by atoms with Gasteiger partial charge in [0.25, 0.3) is 5.69 Å². The summed E-state index contributed by atoms with van der Waals surface area (Å²) in [6, 6.07) is 2.53. The molecule has 2 rings (SSSR count). The van der Waals surface area contributed by atoms with Crippen molar-refractivity contribution in [3.05, 3.63) is 32.8 Å². The Morgan fingerprint density at radius 3 is 2.62 bits per heavy atom. The van der Waals surface area contributed by atoms with E-state index in [1.165, 1.54) is 16.4 Å². The van der Waals surface area contributed by atoms with Gasteiger partial charge in [0.1, 0.15) is 9.92 Å². The Morgan fingerprint density at radius 2 is 2.08 bits per heavy atom. The van der Waals surface area contributed by atoms with Crippen LogP contribution in [0.1, 0.15) is 25.3 Å². The Balaban J connectivity index is 0.00000288. The van der Waals surface area contributed by atoms with Crippen molar-refractivity contribution in [2.45, 2.75) is 37.6 Å². The number of aryl methyl sites for hydroxylation is 1. The molecule has 2 N–H and O–H groups in total. The highest BCUT2D eigenvalue weighted by molar-refractivity contribution is 7.89. The van der Waals surface area contributed by atoms with Crippen LogP contribution in [0.15, 0.2) is 17.0 Å². The summed E-state index contributed by atoms with van der Waals surface area (Å²) < 4.78 is 27.1. The minimum absolute atomic E-state index is 0. The molecule has 1 saturated heterocycles. The van der Waals surface area contributed by atoms with Crippen LogP contribution in [0, 0.1) is 23.0 Å². The number of nitrogens with two attached hydrogens (primary N) is 1. The van der Waals surface area contributed by atoms with Gasteiger partial charge in [-0.05, 0) is 44.2 Å². The average molecular weight is 398 g/mol. The van der Waals surface area contributed by atoms with Crippen molar-refractivity contribution in [2.75, 3.05) is 13.1 Å². The molecule has 2 unspecified atom stereocenters. The summed E-state index contributed by atoms with van der Waals surface area (Å²) in [5.41, 5.74) is 5.97. The van der Waals surface area contributed by atoms with E-state index < -0.39 is 20.6 Å². The van der Waals surface area contributed by atoms with Crippen molar-refractivity contribution in [2.24, 2.45) is 11.7 Å².